The molecule has 3 aromatic carbocycles. The number of anilines is 1. The van der Waals surface area contributed by atoms with Gasteiger partial charge < -0.3 is 10.4 Å². The van der Waals surface area contributed by atoms with Crippen molar-refractivity contribution in [2.75, 3.05) is 5.32 Å². The zero-order valence-corrected chi connectivity index (χ0v) is 13.7. The monoisotopic (exact) mass is 357 g/mol. The summed E-state index contributed by atoms with van der Waals surface area (Å²) >= 11 is 0. The molecule has 3 aromatic rings. The predicted molar refractivity (Wildman–Crippen MR) is 92.5 cm³/mol. The Morgan fingerprint density at radius 2 is 1.54 bits per heavy atom. The minimum absolute atomic E-state index is 0.0321. The van der Waals surface area contributed by atoms with Crippen LogP contribution in [0.5, 0.6) is 5.75 Å². The van der Waals surface area contributed by atoms with Crippen LogP contribution in [0.15, 0.2) is 54.6 Å². The van der Waals surface area contributed by atoms with Crippen LogP contribution in [-0.4, -0.2) is 11.0 Å². The molecule has 3 rings (SSSR count). The number of nitrogens with one attached hydrogen (secondary N) is 1. The number of carbonyl (C=O) groups is 1. The normalized spacial score (nSPS) is 10.6. The van der Waals surface area contributed by atoms with E-state index in [0.717, 1.165) is 24.3 Å². The van der Waals surface area contributed by atoms with E-state index in [2.05, 4.69) is 5.32 Å². The molecule has 0 aliphatic rings. The van der Waals surface area contributed by atoms with E-state index in [1.165, 1.54) is 6.92 Å². The highest BCUT2D eigenvalue weighted by Gasteiger charge is 2.23. The van der Waals surface area contributed by atoms with Crippen LogP contribution in [0.3, 0.4) is 0 Å². The zero-order valence-electron chi connectivity index (χ0n) is 13.7. The van der Waals surface area contributed by atoms with Crippen molar-refractivity contribution >= 4 is 11.6 Å². The molecule has 26 heavy (non-hydrogen) atoms. The second kappa shape index (κ2) is 6.92. The number of phenols is 1. The minimum atomic E-state index is -1.32. The van der Waals surface area contributed by atoms with Crippen LogP contribution in [0.4, 0.5) is 18.9 Å². The smallest absolute Gasteiger partial charge is 0.255 e. The molecule has 0 unspecified atom stereocenters. The van der Waals surface area contributed by atoms with Crippen molar-refractivity contribution in [1.82, 2.24) is 0 Å². The van der Waals surface area contributed by atoms with Crippen LogP contribution < -0.4 is 5.32 Å². The quantitative estimate of drug-likeness (QED) is 0.690. The molecule has 0 atom stereocenters. The van der Waals surface area contributed by atoms with Gasteiger partial charge >= 0.3 is 0 Å². The lowest BCUT2D eigenvalue weighted by atomic mass is 9.96. The molecule has 0 radical (unpaired) electrons. The Bertz CT molecular complexity index is 988. The van der Waals surface area contributed by atoms with Gasteiger partial charge in [0.05, 0.1) is 5.69 Å². The maximum Gasteiger partial charge on any atom is 0.255 e. The van der Waals surface area contributed by atoms with Gasteiger partial charge in [-0.25, -0.2) is 13.2 Å². The first-order valence-electron chi connectivity index (χ1n) is 7.73. The van der Waals surface area contributed by atoms with Gasteiger partial charge in [-0.2, -0.15) is 0 Å². The summed E-state index contributed by atoms with van der Waals surface area (Å²) in [4.78, 5) is 12.4. The van der Waals surface area contributed by atoms with Crippen LogP contribution >= 0.6 is 0 Å². The van der Waals surface area contributed by atoms with Gasteiger partial charge in [0, 0.05) is 22.3 Å². The highest BCUT2D eigenvalue weighted by Crippen LogP contribution is 2.39. The van der Waals surface area contributed by atoms with Gasteiger partial charge in [0.15, 0.2) is 11.6 Å². The third-order valence-electron chi connectivity index (χ3n) is 4.01. The molecule has 0 aliphatic carbocycles. The number of halogens is 3. The summed E-state index contributed by atoms with van der Waals surface area (Å²) in [6, 6.07) is 12.2. The average molecular weight is 357 g/mol. The second-order valence-electron chi connectivity index (χ2n) is 5.67. The number of hydrogen-bond acceptors (Lipinski definition) is 2. The summed E-state index contributed by atoms with van der Waals surface area (Å²) in [5.41, 5.74) is -0.545. The van der Waals surface area contributed by atoms with Crippen molar-refractivity contribution in [3.8, 4) is 16.9 Å². The molecular weight excluding hydrogens is 343 g/mol. The van der Waals surface area contributed by atoms with E-state index in [4.69, 9.17) is 0 Å². The molecule has 0 aliphatic heterocycles. The van der Waals surface area contributed by atoms with Gasteiger partial charge in [-0.1, -0.05) is 18.2 Å². The maximum atomic E-state index is 14.5. The Kier molecular flexibility index (Phi) is 4.67. The Labute approximate surface area is 147 Å². The second-order valence-corrected chi connectivity index (χ2v) is 5.67. The average Bonchev–Trinajstić information content (AvgIpc) is 2.64. The van der Waals surface area contributed by atoms with Gasteiger partial charge in [-0.05, 0) is 43.3 Å². The first kappa shape index (κ1) is 17.5. The summed E-state index contributed by atoms with van der Waals surface area (Å²) in [5.74, 6) is -4.19. The minimum Gasteiger partial charge on any atom is -0.508 e. The molecule has 1 amide bonds. The van der Waals surface area contributed by atoms with Crippen molar-refractivity contribution < 1.29 is 23.1 Å². The van der Waals surface area contributed by atoms with Crippen LogP contribution in [0.1, 0.15) is 15.9 Å². The number of aromatic hydroxyl groups is 1. The first-order valence-corrected chi connectivity index (χ1v) is 7.73. The number of amides is 1. The van der Waals surface area contributed by atoms with Gasteiger partial charge in [0.25, 0.3) is 5.91 Å². The summed E-state index contributed by atoms with van der Waals surface area (Å²) in [6.07, 6.45) is 0. The van der Waals surface area contributed by atoms with Gasteiger partial charge in [0.1, 0.15) is 11.6 Å². The molecule has 0 fully saturated rings. The molecule has 2 N–H and O–H groups in total. The summed E-state index contributed by atoms with van der Waals surface area (Å²) < 4.78 is 42.7. The van der Waals surface area contributed by atoms with Crippen molar-refractivity contribution in [1.29, 1.82) is 0 Å². The van der Waals surface area contributed by atoms with E-state index >= 15 is 0 Å². The molecule has 0 aromatic heterocycles. The topological polar surface area (TPSA) is 49.3 Å². The standard InChI is InChI=1S/C20H14F3NO2/c1-11-16(25)10-8-13(21)17(11)18-15(9-7-14(22)19(18)23)24-20(26)12-5-3-2-4-6-12/h2-10,25H,1H3,(H,24,26). The highest BCUT2D eigenvalue weighted by molar-refractivity contribution is 6.06. The van der Waals surface area contributed by atoms with E-state index in [0.29, 0.717) is 5.56 Å². The van der Waals surface area contributed by atoms with Crippen LogP contribution in [-0.2, 0) is 0 Å². The molecule has 0 saturated heterocycles. The van der Waals surface area contributed by atoms with Crippen molar-refractivity contribution in [3.63, 3.8) is 0 Å². The number of benzene rings is 3. The van der Waals surface area contributed by atoms with Crippen LogP contribution in [0.2, 0.25) is 0 Å². The predicted octanol–water partition coefficient (Wildman–Crippen LogP) is 5.04. The zero-order chi connectivity index (χ0) is 18.8. The lowest BCUT2D eigenvalue weighted by Crippen LogP contribution is -2.13. The van der Waals surface area contributed by atoms with Crippen LogP contribution in [0, 0.1) is 24.4 Å². The van der Waals surface area contributed by atoms with Crippen molar-refractivity contribution in [2.24, 2.45) is 0 Å². The molecule has 0 saturated carbocycles. The summed E-state index contributed by atoms with van der Waals surface area (Å²) in [7, 11) is 0. The lowest BCUT2D eigenvalue weighted by Gasteiger charge is -2.16. The Hall–Kier alpha value is -3.28. The third kappa shape index (κ3) is 3.13. The number of rotatable bonds is 3. The summed E-state index contributed by atoms with van der Waals surface area (Å²) in [5, 5.41) is 12.3. The number of phenolic OH excluding ortho intramolecular Hbond substituents is 1. The van der Waals surface area contributed by atoms with E-state index in [1.54, 1.807) is 30.3 Å². The lowest BCUT2D eigenvalue weighted by molar-refractivity contribution is 0.102. The van der Waals surface area contributed by atoms with E-state index in [1.807, 2.05) is 0 Å². The Morgan fingerprint density at radius 1 is 0.885 bits per heavy atom. The van der Waals surface area contributed by atoms with E-state index in [-0.39, 0.29) is 22.6 Å². The first-order chi connectivity index (χ1) is 12.4. The molecule has 0 heterocycles. The fourth-order valence-electron chi connectivity index (χ4n) is 2.66. The maximum absolute atomic E-state index is 14.5. The molecule has 132 valence electrons. The summed E-state index contributed by atoms with van der Waals surface area (Å²) in [6.45, 7) is 1.38. The van der Waals surface area contributed by atoms with Gasteiger partial charge in [-0.15, -0.1) is 0 Å². The molecule has 6 heteroatoms. The SMILES string of the molecule is Cc1c(O)ccc(F)c1-c1c(NC(=O)c2ccccc2)ccc(F)c1F. The van der Waals surface area contributed by atoms with Crippen molar-refractivity contribution in [2.45, 2.75) is 6.92 Å². The van der Waals surface area contributed by atoms with Gasteiger partial charge in [-0.3, -0.25) is 4.79 Å². The fraction of sp³-hybridized carbons (Fsp3) is 0.0500. The van der Waals surface area contributed by atoms with Gasteiger partial charge in [0.2, 0.25) is 0 Å². The molecule has 0 bridgehead atoms. The molecule has 3 nitrogen and oxygen atoms in total. The Balaban J connectivity index is 2.16. The third-order valence-corrected chi connectivity index (χ3v) is 4.01. The van der Waals surface area contributed by atoms with Crippen molar-refractivity contribution in [3.05, 3.63) is 83.2 Å². The van der Waals surface area contributed by atoms with E-state index < -0.39 is 28.9 Å². The number of hydrogen-bond donors (Lipinski definition) is 2. The van der Waals surface area contributed by atoms with Crippen LogP contribution in [0.25, 0.3) is 11.1 Å². The molecular formula is C20H14F3NO2. The van der Waals surface area contributed by atoms with E-state index in [9.17, 15) is 23.1 Å². The fourth-order valence-corrected chi connectivity index (χ4v) is 2.66. The molecule has 0 spiro atoms. The number of carbonyl (C=O) groups excluding carboxylic acids is 1. The highest BCUT2D eigenvalue weighted by atomic mass is 19.2. The Morgan fingerprint density at radius 3 is 2.23 bits per heavy atom. The largest absolute Gasteiger partial charge is 0.508 e.